The highest BCUT2D eigenvalue weighted by Crippen LogP contribution is 2.17. The Kier molecular flexibility index (Phi) is 8.17. The zero-order chi connectivity index (χ0) is 13.3. The van der Waals surface area contributed by atoms with Gasteiger partial charge in [-0.05, 0) is 47.0 Å². The molecule has 0 amide bonds. The van der Waals surface area contributed by atoms with Crippen LogP contribution in [-0.2, 0) is 14.3 Å². The first-order valence-electron chi connectivity index (χ1n) is 6.40. The highest BCUT2D eigenvalue weighted by Gasteiger charge is 2.33. The lowest BCUT2D eigenvalue weighted by Crippen LogP contribution is -2.52. The van der Waals surface area contributed by atoms with Crippen molar-refractivity contribution in [3.05, 3.63) is 0 Å². The summed E-state index contributed by atoms with van der Waals surface area (Å²) >= 11 is 0. The Morgan fingerprint density at radius 3 is 2.47 bits per heavy atom. The molecule has 4 heteroatoms. The second kappa shape index (κ2) is 8.48. The van der Waals surface area contributed by atoms with Crippen molar-refractivity contribution in [2.45, 2.75) is 58.5 Å². The van der Waals surface area contributed by atoms with E-state index in [1.165, 1.54) is 7.11 Å². The number of ether oxygens (including phenoxy) is 2. The van der Waals surface area contributed by atoms with Crippen molar-refractivity contribution in [1.29, 1.82) is 0 Å². The molecule has 0 aromatic heterocycles. The number of carbonyl (C=O) groups excluding carboxylic acids is 1. The summed E-state index contributed by atoms with van der Waals surface area (Å²) in [5, 5.41) is 3.28. The molecule has 4 nitrogen and oxygen atoms in total. The lowest BCUT2D eigenvalue weighted by molar-refractivity contribution is -0.148. The summed E-state index contributed by atoms with van der Waals surface area (Å²) in [6, 6.07) is 0.256. The van der Waals surface area contributed by atoms with Gasteiger partial charge >= 0.3 is 5.97 Å². The maximum absolute atomic E-state index is 11.8. The molecule has 1 atom stereocenters. The van der Waals surface area contributed by atoms with E-state index in [1.807, 2.05) is 27.7 Å². The van der Waals surface area contributed by atoms with Crippen LogP contribution in [0.1, 0.15) is 47.0 Å². The average Bonchev–Trinajstić information content (AvgIpc) is 2.26. The summed E-state index contributed by atoms with van der Waals surface area (Å²) in [5.41, 5.74) is -0.588. The van der Waals surface area contributed by atoms with E-state index in [1.54, 1.807) is 0 Å². The van der Waals surface area contributed by atoms with Crippen LogP contribution in [0.2, 0.25) is 0 Å². The molecule has 1 unspecified atom stereocenters. The maximum Gasteiger partial charge on any atom is 0.325 e. The fourth-order valence-electron chi connectivity index (χ4n) is 1.92. The molecule has 0 spiro atoms. The Balaban J connectivity index is 4.15. The standard InChI is InChI=1S/C13H27NO3/c1-6-17-10-8-7-9-13(4,12(15)16-5)14-11(2)3/h11,14H,6-10H2,1-5H3. The molecule has 0 aliphatic heterocycles. The van der Waals surface area contributed by atoms with E-state index in [4.69, 9.17) is 9.47 Å². The average molecular weight is 245 g/mol. The molecular formula is C13H27NO3. The Morgan fingerprint density at radius 1 is 1.35 bits per heavy atom. The first kappa shape index (κ1) is 16.4. The number of carbonyl (C=O) groups is 1. The summed E-state index contributed by atoms with van der Waals surface area (Å²) in [5.74, 6) is -0.192. The van der Waals surface area contributed by atoms with Crippen LogP contribution in [0.4, 0.5) is 0 Å². The second-order valence-electron chi connectivity index (χ2n) is 4.78. The minimum Gasteiger partial charge on any atom is -0.468 e. The topological polar surface area (TPSA) is 47.6 Å². The molecule has 0 saturated heterocycles. The van der Waals surface area contributed by atoms with E-state index in [0.717, 1.165) is 32.5 Å². The fourth-order valence-corrected chi connectivity index (χ4v) is 1.92. The largest absolute Gasteiger partial charge is 0.468 e. The third kappa shape index (κ3) is 6.64. The summed E-state index contributed by atoms with van der Waals surface area (Å²) in [4.78, 5) is 11.8. The Labute approximate surface area is 105 Å². The van der Waals surface area contributed by atoms with Gasteiger partial charge in [0.25, 0.3) is 0 Å². The molecule has 102 valence electrons. The highest BCUT2D eigenvalue weighted by atomic mass is 16.5. The van der Waals surface area contributed by atoms with Crippen LogP contribution in [0.3, 0.4) is 0 Å². The summed E-state index contributed by atoms with van der Waals surface area (Å²) in [7, 11) is 1.43. The number of hydrogen-bond donors (Lipinski definition) is 1. The van der Waals surface area contributed by atoms with Gasteiger partial charge < -0.3 is 9.47 Å². The third-order valence-corrected chi connectivity index (χ3v) is 2.66. The first-order valence-corrected chi connectivity index (χ1v) is 6.40. The monoisotopic (exact) mass is 245 g/mol. The third-order valence-electron chi connectivity index (χ3n) is 2.66. The number of methoxy groups -OCH3 is 1. The van der Waals surface area contributed by atoms with Crippen molar-refractivity contribution in [3.8, 4) is 0 Å². The van der Waals surface area contributed by atoms with E-state index in [9.17, 15) is 4.79 Å². The van der Waals surface area contributed by atoms with Crippen LogP contribution < -0.4 is 5.32 Å². The molecule has 0 aromatic carbocycles. The van der Waals surface area contributed by atoms with Crippen molar-refractivity contribution in [2.75, 3.05) is 20.3 Å². The van der Waals surface area contributed by atoms with Gasteiger partial charge in [0, 0.05) is 19.3 Å². The van der Waals surface area contributed by atoms with E-state index in [0.29, 0.717) is 0 Å². The number of esters is 1. The van der Waals surface area contributed by atoms with Crippen molar-refractivity contribution >= 4 is 5.97 Å². The normalized spacial score (nSPS) is 14.7. The van der Waals surface area contributed by atoms with Gasteiger partial charge in [-0.15, -0.1) is 0 Å². The molecule has 17 heavy (non-hydrogen) atoms. The van der Waals surface area contributed by atoms with Crippen molar-refractivity contribution in [1.82, 2.24) is 5.32 Å². The van der Waals surface area contributed by atoms with Gasteiger partial charge in [-0.2, -0.15) is 0 Å². The Hall–Kier alpha value is -0.610. The SMILES string of the molecule is CCOCCCCC(C)(NC(C)C)C(=O)OC. The molecule has 0 heterocycles. The predicted molar refractivity (Wildman–Crippen MR) is 69.0 cm³/mol. The smallest absolute Gasteiger partial charge is 0.325 e. The van der Waals surface area contributed by atoms with Crippen LogP contribution in [0.25, 0.3) is 0 Å². The van der Waals surface area contributed by atoms with Crippen LogP contribution in [-0.4, -0.2) is 37.9 Å². The van der Waals surface area contributed by atoms with Crippen LogP contribution in [0.5, 0.6) is 0 Å². The maximum atomic E-state index is 11.8. The van der Waals surface area contributed by atoms with Crippen molar-refractivity contribution < 1.29 is 14.3 Å². The first-order chi connectivity index (χ1) is 7.96. The zero-order valence-corrected chi connectivity index (χ0v) is 11.8. The molecule has 0 aromatic rings. The van der Waals surface area contributed by atoms with Crippen molar-refractivity contribution in [3.63, 3.8) is 0 Å². The molecule has 0 fully saturated rings. The van der Waals surface area contributed by atoms with Crippen LogP contribution in [0.15, 0.2) is 0 Å². The Morgan fingerprint density at radius 2 is 2.00 bits per heavy atom. The molecule has 0 aliphatic rings. The minimum atomic E-state index is -0.588. The summed E-state index contributed by atoms with van der Waals surface area (Å²) < 4.78 is 10.1. The van der Waals surface area contributed by atoms with Crippen molar-refractivity contribution in [2.24, 2.45) is 0 Å². The number of nitrogens with one attached hydrogen (secondary N) is 1. The predicted octanol–water partition coefficient (Wildman–Crippen LogP) is 2.12. The summed E-state index contributed by atoms with van der Waals surface area (Å²) in [6.07, 6.45) is 2.69. The van der Waals surface area contributed by atoms with Gasteiger partial charge in [-0.25, -0.2) is 0 Å². The number of rotatable bonds is 9. The summed E-state index contributed by atoms with van der Waals surface area (Å²) in [6.45, 7) is 9.45. The molecule has 1 N–H and O–H groups in total. The minimum absolute atomic E-state index is 0.192. The van der Waals surface area contributed by atoms with E-state index in [-0.39, 0.29) is 12.0 Å². The molecule has 0 saturated carbocycles. The highest BCUT2D eigenvalue weighted by molar-refractivity contribution is 5.80. The molecule has 0 aliphatic carbocycles. The van der Waals surface area contributed by atoms with Gasteiger partial charge in [0.15, 0.2) is 0 Å². The van der Waals surface area contributed by atoms with Gasteiger partial charge in [0.1, 0.15) is 5.54 Å². The lowest BCUT2D eigenvalue weighted by Gasteiger charge is -2.30. The Bertz CT molecular complexity index is 219. The van der Waals surface area contributed by atoms with Crippen LogP contribution in [0, 0.1) is 0 Å². The van der Waals surface area contributed by atoms with E-state index < -0.39 is 5.54 Å². The molecule has 0 bridgehead atoms. The second-order valence-corrected chi connectivity index (χ2v) is 4.78. The van der Waals surface area contributed by atoms with Gasteiger partial charge in [0.2, 0.25) is 0 Å². The lowest BCUT2D eigenvalue weighted by atomic mass is 9.94. The zero-order valence-electron chi connectivity index (χ0n) is 11.8. The van der Waals surface area contributed by atoms with Gasteiger partial charge in [-0.3, -0.25) is 10.1 Å². The van der Waals surface area contributed by atoms with Crippen LogP contribution >= 0.6 is 0 Å². The molecule has 0 rings (SSSR count). The number of unbranched alkanes of at least 4 members (excludes halogenated alkanes) is 1. The fraction of sp³-hybridized carbons (Fsp3) is 0.923. The molecular weight excluding hydrogens is 218 g/mol. The quantitative estimate of drug-likeness (QED) is 0.499. The van der Waals surface area contributed by atoms with E-state index >= 15 is 0 Å². The molecule has 0 radical (unpaired) electrons. The van der Waals surface area contributed by atoms with Gasteiger partial charge in [0.05, 0.1) is 7.11 Å². The van der Waals surface area contributed by atoms with E-state index in [2.05, 4.69) is 5.32 Å². The number of hydrogen-bond acceptors (Lipinski definition) is 4. The van der Waals surface area contributed by atoms with Gasteiger partial charge in [-0.1, -0.05) is 0 Å².